The maximum absolute atomic E-state index is 3.79. The van der Waals surface area contributed by atoms with Crippen LogP contribution in [0, 0.1) is 18.8 Å². The maximum atomic E-state index is 3.79. The van der Waals surface area contributed by atoms with Gasteiger partial charge in [0.05, 0.1) is 0 Å². The van der Waals surface area contributed by atoms with Gasteiger partial charge in [0.25, 0.3) is 0 Å². The van der Waals surface area contributed by atoms with E-state index in [0.29, 0.717) is 6.04 Å². The lowest BCUT2D eigenvalue weighted by Crippen LogP contribution is -2.35. The van der Waals surface area contributed by atoms with Crippen LogP contribution in [0.1, 0.15) is 45.1 Å². The summed E-state index contributed by atoms with van der Waals surface area (Å²) in [6.45, 7) is 6.90. The molecule has 1 saturated carbocycles. The molecule has 0 spiro atoms. The molecule has 1 aromatic rings. The summed E-state index contributed by atoms with van der Waals surface area (Å²) in [5.74, 6) is 1.59. The van der Waals surface area contributed by atoms with Crippen LogP contribution in [0.5, 0.6) is 0 Å². The highest BCUT2D eigenvalue weighted by molar-refractivity contribution is 9.10. The fraction of sp³-hybridized carbons (Fsp3) is 0.625. The van der Waals surface area contributed by atoms with Gasteiger partial charge in [-0.25, -0.2) is 0 Å². The van der Waals surface area contributed by atoms with E-state index in [1.165, 1.54) is 36.9 Å². The summed E-state index contributed by atoms with van der Waals surface area (Å²) in [6.07, 6.45) is 5.46. The van der Waals surface area contributed by atoms with Crippen LogP contribution in [0.3, 0.4) is 0 Å². The standard InChI is InChI=1S/C16H24BrN/c1-11(2)14-6-4-5-7-15(14)18-16-10-13(17)9-8-12(16)3/h8-11,14-15,18H,4-7H2,1-3H3. The molecule has 2 heteroatoms. The lowest BCUT2D eigenvalue weighted by molar-refractivity contribution is 0.254. The van der Waals surface area contributed by atoms with E-state index in [0.717, 1.165) is 16.3 Å². The molecule has 1 aromatic carbocycles. The fourth-order valence-electron chi connectivity index (χ4n) is 3.09. The molecule has 1 N–H and O–H groups in total. The van der Waals surface area contributed by atoms with Crippen LogP contribution in [0.2, 0.25) is 0 Å². The average Bonchev–Trinajstić information content (AvgIpc) is 2.34. The van der Waals surface area contributed by atoms with Gasteiger partial charge in [0.2, 0.25) is 0 Å². The molecule has 1 aliphatic carbocycles. The molecule has 0 aliphatic heterocycles. The van der Waals surface area contributed by atoms with E-state index in [9.17, 15) is 0 Å². The van der Waals surface area contributed by atoms with Gasteiger partial charge >= 0.3 is 0 Å². The zero-order valence-corrected chi connectivity index (χ0v) is 13.3. The Labute approximate surface area is 119 Å². The largest absolute Gasteiger partial charge is 0.382 e. The Morgan fingerprint density at radius 2 is 1.94 bits per heavy atom. The maximum Gasteiger partial charge on any atom is 0.0383 e. The first-order valence-electron chi connectivity index (χ1n) is 7.10. The van der Waals surface area contributed by atoms with Gasteiger partial charge in [-0.05, 0) is 49.3 Å². The Kier molecular flexibility index (Phi) is 4.71. The molecule has 1 nitrogen and oxygen atoms in total. The summed E-state index contributed by atoms with van der Waals surface area (Å²) < 4.78 is 1.16. The molecule has 2 rings (SSSR count). The highest BCUT2D eigenvalue weighted by Crippen LogP contribution is 2.33. The summed E-state index contributed by atoms with van der Waals surface area (Å²) in [7, 11) is 0. The third-order valence-electron chi connectivity index (χ3n) is 4.22. The Balaban J connectivity index is 2.13. The van der Waals surface area contributed by atoms with Crippen molar-refractivity contribution in [2.75, 3.05) is 5.32 Å². The van der Waals surface area contributed by atoms with E-state index in [2.05, 4.69) is 60.2 Å². The second kappa shape index (κ2) is 6.10. The summed E-state index contributed by atoms with van der Waals surface area (Å²) >= 11 is 3.57. The first-order valence-corrected chi connectivity index (χ1v) is 7.90. The zero-order valence-electron chi connectivity index (χ0n) is 11.7. The summed E-state index contributed by atoms with van der Waals surface area (Å²) in [4.78, 5) is 0. The fourth-order valence-corrected chi connectivity index (χ4v) is 3.45. The average molecular weight is 310 g/mol. The van der Waals surface area contributed by atoms with Gasteiger partial charge in [0.1, 0.15) is 0 Å². The van der Waals surface area contributed by atoms with E-state index in [-0.39, 0.29) is 0 Å². The molecular formula is C16H24BrN. The van der Waals surface area contributed by atoms with E-state index in [4.69, 9.17) is 0 Å². The monoisotopic (exact) mass is 309 g/mol. The third kappa shape index (κ3) is 3.28. The van der Waals surface area contributed by atoms with E-state index < -0.39 is 0 Å². The van der Waals surface area contributed by atoms with Gasteiger partial charge in [-0.3, -0.25) is 0 Å². The van der Waals surface area contributed by atoms with Crippen molar-refractivity contribution in [1.82, 2.24) is 0 Å². The molecule has 0 aromatic heterocycles. The van der Waals surface area contributed by atoms with Crippen molar-refractivity contribution in [1.29, 1.82) is 0 Å². The quantitative estimate of drug-likeness (QED) is 0.790. The molecule has 2 unspecified atom stereocenters. The summed E-state index contributed by atoms with van der Waals surface area (Å²) in [5.41, 5.74) is 2.63. The van der Waals surface area contributed by atoms with Gasteiger partial charge in [0, 0.05) is 16.2 Å². The van der Waals surface area contributed by atoms with E-state index in [1.807, 2.05) is 0 Å². The highest BCUT2D eigenvalue weighted by Gasteiger charge is 2.27. The molecule has 0 amide bonds. The van der Waals surface area contributed by atoms with E-state index in [1.54, 1.807) is 0 Å². The number of benzene rings is 1. The third-order valence-corrected chi connectivity index (χ3v) is 4.71. The van der Waals surface area contributed by atoms with Crippen molar-refractivity contribution in [3.05, 3.63) is 28.2 Å². The number of hydrogen-bond acceptors (Lipinski definition) is 1. The molecule has 1 aliphatic rings. The molecule has 0 radical (unpaired) electrons. The summed E-state index contributed by atoms with van der Waals surface area (Å²) in [6, 6.07) is 7.15. The van der Waals surface area contributed by atoms with Crippen LogP contribution in [0.25, 0.3) is 0 Å². The molecule has 1 fully saturated rings. The van der Waals surface area contributed by atoms with Gasteiger partial charge in [-0.2, -0.15) is 0 Å². The highest BCUT2D eigenvalue weighted by atomic mass is 79.9. The minimum Gasteiger partial charge on any atom is -0.382 e. The SMILES string of the molecule is Cc1ccc(Br)cc1NC1CCCCC1C(C)C. The first kappa shape index (κ1) is 13.9. The van der Waals surface area contributed by atoms with Crippen molar-refractivity contribution in [2.45, 2.75) is 52.5 Å². The molecule has 18 heavy (non-hydrogen) atoms. The second-order valence-electron chi connectivity index (χ2n) is 5.90. The van der Waals surface area contributed by atoms with Crippen LogP contribution in [0.15, 0.2) is 22.7 Å². The Hall–Kier alpha value is -0.500. The van der Waals surface area contributed by atoms with Crippen molar-refractivity contribution in [2.24, 2.45) is 11.8 Å². The lowest BCUT2D eigenvalue weighted by atomic mass is 9.77. The van der Waals surface area contributed by atoms with Crippen molar-refractivity contribution < 1.29 is 0 Å². The molecule has 0 heterocycles. The molecule has 0 bridgehead atoms. The van der Waals surface area contributed by atoms with E-state index >= 15 is 0 Å². The normalized spacial score (nSPS) is 24.3. The van der Waals surface area contributed by atoms with Crippen LogP contribution < -0.4 is 5.32 Å². The smallest absolute Gasteiger partial charge is 0.0383 e. The number of anilines is 1. The number of nitrogens with one attached hydrogen (secondary N) is 1. The minimum atomic E-state index is 0.645. The van der Waals surface area contributed by atoms with Crippen LogP contribution in [0.4, 0.5) is 5.69 Å². The van der Waals surface area contributed by atoms with Crippen molar-refractivity contribution in [3.63, 3.8) is 0 Å². The first-order chi connectivity index (χ1) is 8.58. The molecule has 2 atom stereocenters. The minimum absolute atomic E-state index is 0.645. The molecule has 0 saturated heterocycles. The zero-order chi connectivity index (χ0) is 13.1. The molecule has 100 valence electrons. The topological polar surface area (TPSA) is 12.0 Å². The van der Waals surface area contributed by atoms with Crippen molar-refractivity contribution >= 4 is 21.6 Å². The Bertz CT molecular complexity index is 400. The second-order valence-corrected chi connectivity index (χ2v) is 6.82. The lowest BCUT2D eigenvalue weighted by Gasteiger charge is -2.36. The van der Waals surface area contributed by atoms with Crippen LogP contribution in [-0.4, -0.2) is 6.04 Å². The van der Waals surface area contributed by atoms with Gasteiger partial charge in [-0.1, -0.05) is 48.7 Å². The van der Waals surface area contributed by atoms with Crippen LogP contribution in [-0.2, 0) is 0 Å². The van der Waals surface area contributed by atoms with Crippen LogP contribution >= 0.6 is 15.9 Å². The summed E-state index contributed by atoms with van der Waals surface area (Å²) in [5, 5.41) is 3.79. The van der Waals surface area contributed by atoms with Gasteiger partial charge in [-0.15, -0.1) is 0 Å². The van der Waals surface area contributed by atoms with Gasteiger partial charge in [0.15, 0.2) is 0 Å². The number of hydrogen-bond donors (Lipinski definition) is 1. The predicted molar refractivity (Wildman–Crippen MR) is 83.1 cm³/mol. The van der Waals surface area contributed by atoms with Crippen molar-refractivity contribution in [3.8, 4) is 0 Å². The number of rotatable bonds is 3. The number of halogens is 1. The number of aryl methyl sites for hydroxylation is 1. The Morgan fingerprint density at radius 3 is 2.67 bits per heavy atom. The predicted octanol–water partition coefficient (Wildman–Crippen LogP) is 5.38. The molecular weight excluding hydrogens is 286 g/mol. The van der Waals surface area contributed by atoms with Gasteiger partial charge < -0.3 is 5.32 Å². The Morgan fingerprint density at radius 1 is 1.22 bits per heavy atom.